The van der Waals surface area contributed by atoms with E-state index in [1.54, 1.807) is 17.1 Å². The van der Waals surface area contributed by atoms with Crippen molar-refractivity contribution in [1.82, 2.24) is 29.8 Å². The zero-order valence-electron chi connectivity index (χ0n) is 14.5. The molecule has 1 aliphatic heterocycles. The van der Waals surface area contributed by atoms with Crippen molar-refractivity contribution < 1.29 is 4.74 Å². The van der Waals surface area contributed by atoms with Crippen LogP contribution in [0.2, 0.25) is 0 Å². The lowest BCUT2D eigenvalue weighted by Gasteiger charge is -2.23. The van der Waals surface area contributed by atoms with E-state index in [2.05, 4.69) is 43.4 Å². The van der Waals surface area contributed by atoms with Gasteiger partial charge in [0, 0.05) is 28.9 Å². The van der Waals surface area contributed by atoms with Gasteiger partial charge in [-0.25, -0.2) is 9.36 Å². The monoisotopic (exact) mass is 424 g/mol. The second kappa shape index (κ2) is 6.86. The normalized spacial score (nSPS) is 17.4. The van der Waals surface area contributed by atoms with Crippen molar-refractivity contribution in [2.75, 3.05) is 6.61 Å². The van der Waals surface area contributed by atoms with Crippen LogP contribution in [-0.4, -0.2) is 36.4 Å². The molecule has 0 amide bonds. The molecular weight excluding hydrogens is 408 g/mol. The molecular formula is C19H17BrN6O. The summed E-state index contributed by atoms with van der Waals surface area (Å²) in [4.78, 5) is 4.05. The van der Waals surface area contributed by atoms with Crippen molar-refractivity contribution in [2.45, 2.75) is 25.5 Å². The van der Waals surface area contributed by atoms with Gasteiger partial charge in [0.1, 0.15) is 11.4 Å². The van der Waals surface area contributed by atoms with E-state index in [0.29, 0.717) is 0 Å². The number of nitrogens with zero attached hydrogens (tertiary/aromatic N) is 6. The fraction of sp³-hybridized carbons (Fsp3) is 0.263. The van der Waals surface area contributed by atoms with Crippen molar-refractivity contribution in [3.8, 4) is 17.1 Å². The molecule has 1 aromatic carbocycles. The lowest BCUT2D eigenvalue weighted by atomic mass is 10.1. The van der Waals surface area contributed by atoms with Crippen LogP contribution < -0.4 is 0 Å². The number of aromatic nitrogens is 6. The standard InChI is InChI=1S/C19H17BrN6O/c20-13-4-5-17-15(11-13)19(23-26(17)18-3-1-2-10-27-18)16-12-25(24-22-16)14-6-8-21-9-7-14/h4-9,11-12,18H,1-3,10H2. The molecule has 1 unspecified atom stereocenters. The lowest BCUT2D eigenvalue weighted by molar-refractivity contribution is -0.0365. The molecule has 8 heteroatoms. The summed E-state index contributed by atoms with van der Waals surface area (Å²) < 4.78 is 10.7. The van der Waals surface area contributed by atoms with Gasteiger partial charge in [-0.3, -0.25) is 4.98 Å². The molecule has 27 heavy (non-hydrogen) atoms. The molecule has 5 rings (SSSR count). The van der Waals surface area contributed by atoms with Crippen LogP contribution in [0.15, 0.2) is 53.4 Å². The first-order valence-corrected chi connectivity index (χ1v) is 9.71. The predicted molar refractivity (Wildman–Crippen MR) is 104 cm³/mol. The number of hydrogen-bond donors (Lipinski definition) is 0. The van der Waals surface area contributed by atoms with Gasteiger partial charge in [-0.15, -0.1) is 5.10 Å². The highest BCUT2D eigenvalue weighted by Crippen LogP contribution is 2.33. The van der Waals surface area contributed by atoms with Crippen LogP contribution in [0.25, 0.3) is 28.0 Å². The molecule has 1 fully saturated rings. The van der Waals surface area contributed by atoms with Crippen LogP contribution in [0.3, 0.4) is 0 Å². The minimum atomic E-state index is -0.0357. The number of hydrogen-bond acceptors (Lipinski definition) is 5. The number of fused-ring (bicyclic) bond motifs is 1. The Bertz CT molecular complexity index is 1080. The van der Waals surface area contributed by atoms with E-state index in [1.807, 2.05) is 29.1 Å². The Kier molecular flexibility index (Phi) is 4.21. The maximum Gasteiger partial charge on any atom is 0.150 e. The topological polar surface area (TPSA) is 70.7 Å². The van der Waals surface area contributed by atoms with Crippen LogP contribution >= 0.6 is 15.9 Å². The molecule has 136 valence electrons. The predicted octanol–water partition coefficient (Wildman–Crippen LogP) is 4.14. The van der Waals surface area contributed by atoms with Crippen molar-refractivity contribution in [2.24, 2.45) is 0 Å². The van der Waals surface area contributed by atoms with Crippen LogP contribution in [0, 0.1) is 0 Å². The summed E-state index contributed by atoms with van der Waals surface area (Å²) in [6.45, 7) is 0.774. The van der Waals surface area contributed by atoms with Crippen molar-refractivity contribution >= 4 is 26.8 Å². The average Bonchev–Trinajstić information content (AvgIpc) is 3.34. The number of benzene rings is 1. The Hall–Kier alpha value is -2.58. The second-order valence-electron chi connectivity index (χ2n) is 6.53. The molecule has 1 atom stereocenters. The zero-order valence-corrected chi connectivity index (χ0v) is 16.1. The van der Waals surface area contributed by atoms with Gasteiger partial charge in [-0.05, 0) is 49.6 Å². The molecule has 0 radical (unpaired) electrons. The molecule has 3 aromatic heterocycles. The van der Waals surface area contributed by atoms with Crippen molar-refractivity contribution in [1.29, 1.82) is 0 Å². The van der Waals surface area contributed by atoms with Crippen LogP contribution in [0.5, 0.6) is 0 Å². The Morgan fingerprint density at radius 2 is 2.00 bits per heavy atom. The summed E-state index contributed by atoms with van der Waals surface area (Å²) in [6.07, 6.45) is 8.55. The van der Waals surface area contributed by atoms with Gasteiger partial charge in [-0.1, -0.05) is 21.1 Å². The van der Waals surface area contributed by atoms with Gasteiger partial charge in [-0.2, -0.15) is 5.10 Å². The zero-order chi connectivity index (χ0) is 18.2. The molecule has 4 aromatic rings. The average molecular weight is 425 g/mol. The second-order valence-corrected chi connectivity index (χ2v) is 7.45. The molecule has 0 N–H and O–H groups in total. The van der Waals surface area contributed by atoms with Gasteiger partial charge in [0.05, 0.1) is 17.4 Å². The fourth-order valence-corrected chi connectivity index (χ4v) is 3.79. The Morgan fingerprint density at radius 1 is 1.11 bits per heavy atom. The molecule has 4 heterocycles. The minimum Gasteiger partial charge on any atom is -0.356 e. The maximum absolute atomic E-state index is 5.97. The van der Waals surface area contributed by atoms with Gasteiger partial charge in [0.15, 0.2) is 6.23 Å². The van der Waals surface area contributed by atoms with E-state index in [4.69, 9.17) is 9.84 Å². The van der Waals surface area contributed by atoms with Crippen LogP contribution in [0.4, 0.5) is 0 Å². The number of ether oxygens (including phenoxy) is 1. The smallest absolute Gasteiger partial charge is 0.150 e. The summed E-state index contributed by atoms with van der Waals surface area (Å²) in [7, 11) is 0. The molecule has 0 bridgehead atoms. The maximum atomic E-state index is 5.97. The van der Waals surface area contributed by atoms with E-state index in [-0.39, 0.29) is 6.23 Å². The Balaban J connectivity index is 1.63. The highest BCUT2D eigenvalue weighted by molar-refractivity contribution is 9.10. The first kappa shape index (κ1) is 16.6. The van der Waals surface area contributed by atoms with E-state index >= 15 is 0 Å². The lowest BCUT2D eigenvalue weighted by Crippen LogP contribution is -2.19. The number of halogens is 1. The number of pyridine rings is 1. The quantitative estimate of drug-likeness (QED) is 0.494. The molecule has 1 aliphatic rings. The van der Waals surface area contributed by atoms with Gasteiger partial charge in [0.2, 0.25) is 0 Å². The summed E-state index contributed by atoms with van der Waals surface area (Å²) in [6, 6.07) is 9.95. The van der Waals surface area contributed by atoms with Crippen LogP contribution in [0.1, 0.15) is 25.5 Å². The van der Waals surface area contributed by atoms with Crippen molar-refractivity contribution in [3.63, 3.8) is 0 Å². The molecule has 0 saturated carbocycles. The first-order chi connectivity index (χ1) is 13.3. The first-order valence-electron chi connectivity index (χ1n) is 8.92. The molecule has 0 aliphatic carbocycles. The summed E-state index contributed by atoms with van der Waals surface area (Å²) in [5.74, 6) is 0. The van der Waals surface area contributed by atoms with E-state index in [1.165, 1.54) is 0 Å². The molecule has 0 spiro atoms. The number of rotatable bonds is 3. The fourth-order valence-electron chi connectivity index (χ4n) is 3.43. The summed E-state index contributed by atoms with van der Waals surface area (Å²) in [5.41, 5.74) is 3.48. The Morgan fingerprint density at radius 3 is 2.81 bits per heavy atom. The summed E-state index contributed by atoms with van der Waals surface area (Å²) >= 11 is 3.57. The van der Waals surface area contributed by atoms with Gasteiger partial charge < -0.3 is 4.74 Å². The van der Waals surface area contributed by atoms with Gasteiger partial charge >= 0.3 is 0 Å². The van der Waals surface area contributed by atoms with Gasteiger partial charge in [0.25, 0.3) is 0 Å². The molecule has 7 nitrogen and oxygen atoms in total. The van der Waals surface area contributed by atoms with E-state index in [0.717, 1.165) is 58.3 Å². The third-order valence-electron chi connectivity index (χ3n) is 4.76. The van der Waals surface area contributed by atoms with E-state index < -0.39 is 0 Å². The largest absolute Gasteiger partial charge is 0.356 e. The molecule has 1 saturated heterocycles. The minimum absolute atomic E-state index is 0.0357. The Labute approximate surface area is 164 Å². The third-order valence-corrected chi connectivity index (χ3v) is 5.25. The highest BCUT2D eigenvalue weighted by atomic mass is 79.9. The summed E-state index contributed by atoms with van der Waals surface area (Å²) in [5, 5.41) is 14.5. The highest BCUT2D eigenvalue weighted by Gasteiger charge is 2.23. The van der Waals surface area contributed by atoms with E-state index in [9.17, 15) is 0 Å². The van der Waals surface area contributed by atoms with Crippen LogP contribution in [-0.2, 0) is 4.74 Å². The SMILES string of the molecule is Brc1ccc2c(c1)c(-c1cn(-c3ccncc3)nn1)nn2C1CCCCO1. The van der Waals surface area contributed by atoms with Crippen molar-refractivity contribution in [3.05, 3.63) is 53.4 Å². The third kappa shape index (κ3) is 3.04.